The molecule has 0 bridgehead atoms. The van der Waals surface area contributed by atoms with Gasteiger partial charge in [0.05, 0.1) is 23.4 Å². The molecule has 136 valence electrons. The first-order valence-electron chi connectivity index (χ1n) is 7.85. The molecule has 1 amide bonds. The van der Waals surface area contributed by atoms with Crippen LogP contribution in [0.15, 0.2) is 40.9 Å². The van der Waals surface area contributed by atoms with Crippen LogP contribution in [0.5, 0.6) is 5.75 Å². The maximum atomic E-state index is 12.3. The van der Waals surface area contributed by atoms with Crippen molar-refractivity contribution in [2.24, 2.45) is 0 Å². The molecule has 3 aromatic rings. The molecule has 26 heavy (non-hydrogen) atoms. The average molecular weight is 409 g/mol. The number of nitrogens with one attached hydrogen (secondary N) is 1. The number of amides is 1. The van der Waals surface area contributed by atoms with Crippen molar-refractivity contribution < 1.29 is 9.53 Å². The Morgan fingerprint density at radius 2 is 2.23 bits per heavy atom. The number of anilines is 1. The maximum absolute atomic E-state index is 12.3. The summed E-state index contributed by atoms with van der Waals surface area (Å²) in [5.41, 5.74) is 0.543. The van der Waals surface area contributed by atoms with Crippen LogP contribution in [0.3, 0.4) is 0 Å². The van der Waals surface area contributed by atoms with Crippen molar-refractivity contribution in [3.05, 3.63) is 40.7 Å². The fraction of sp³-hybridized carbons (Fsp3) is 0.235. The third-order valence-electron chi connectivity index (χ3n) is 3.54. The predicted molar refractivity (Wildman–Crippen MR) is 106 cm³/mol. The van der Waals surface area contributed by atoms with Crippen molar-refractivity contribution in [3.8, 4) is 16.5 Å². The lowest BCUT2D eigenvalue weighted by atomic mass is 10.3. The molecule has 0 aliphatic rings. The second-order valence-corrected chi connectivity index (χ2v) is 7.54. The summed E-state index contributed by atoms with van der Waals surface area (Å²) in [7, 11) is 1.55. The van der Waals surface area contributed by atoms with Crippen LogP contribution in [0, 0.1) is 0 Å². The molecule has 0 unspecified atom stereocenters. The van der Waals surface area contributed by atoms with E-state index < -0.39 is 0 Å². The molecule has 9 heteroatoms. The van der Waals surface area contributed by atoms with Crippen LogP contribution in [0.25, 0.3) is 10.7 Å². The van der Waals surface area contributed by atoms with Gasteiger partial charge in [0, 0.05) is 11.6 Å². The molecular formula is C17H17ClN4O2S2. The predicted octanol–water partition coefficient (Wildman–Crippen LogP) is 4.42. The number of carbonyl (C=O) groups excluding carboxylic acids is 1. The van der Waals surface area contributed by atoms with E-state index in [2.05, 4.69) is 15.5 Å². The number of hydrogen-bond acceptors (Lipinski definition) is 6. The Labute approximate surface area is 164 Å². The molecule has 3 rings (SSSR count). The smallest absolute Gasteiger partial charge is 0.234 e. The van der Waals surface area contributed by atoms with Crippen LogP contribution in [-0.2, 0) is 11.3 Å². The first-order valence-corrected chi connectivity index (χ1v) is 10.1. The van der Waals surface area contributed by atoms with Gasteiger partial charge in [0.1, 0.15) is 5.75 Å². The minimum Gasteiger partial charge on any atom is -0.495 e. The number of thioether (sulfide) groups is 1. The Kier molecular flexibility index (Phi) is 6.18. The fourth-order valence-corrected chi connectivity index (χ4v) is 4.05. The number of methoxy groups -OCH3 is 1. The van der Waals surface area contributed by atoms with Crippen molar-refractivity contribution >= 4 is 46.3 Å². The summed E-state index contributed by atoms with van der Waals surface area (Å²) in [4.78, 5) is 13.4. The first kappa shape index (κ1) is 18.8. The molecule has 2 aromatic heterocycles. The van der Waals surface area contributed by atoms with E-state index in [0.717, 1.165) is 17.2 Å². The van der Waals surface area contributed by atoms with E-state index in [1.165, 1.54) is 11.8 Å². The highest BCUT2D eigenvalue weighted by Gasteiger charge is 2.16. The SMILES string of the molecule is CCn1c(SCC(=O)Nc2cc(Cl)ccc2OC)nnc1-c1cccs1. The zero-order chi connectivity index (χ0) is 18.5. The summed E-state index contributed by atoms with van der Waals surface area (Å²) < 4.78 is 7.24. The number of aromatic nitrogens is 3. The van der Waals surface area contributed by atoms with Crippen molar-refractivity contribution in [3.63, 3.8) is 0 Å². The van der Waals surface area contributed by atoms with Gasteiger partial charge >= 0.3 is 0 Å². The monoisotopic (exact) mass is 408 g/mol. The highest BCUT2D eigenvalue weighted by molar-refractivity contribution is 7.99. The normalized spacial score (nSPS) is 10.7. The summed E-state index contributed by atoms with van der Waals surface area (Å²) in [5.74, 6) is 1.42. The minimum atomic E-state index is -0.168. The van der Waals surface area contributed by atoms with E-state index in [4.69, 9.17) is 16.3 Å². The van der Waals surface area contributed by atoms with E-state index in [1.807, 2.05) is 29.0 Å². The maximum Gasteiger partial charge on any atom is 0.234 e. The molecule has 2 heterocycles. The molecule has 6 nitrogen and oxygen atoms in total. The number of rotatable bonds is 7. The number of ether oxygens (including phenoxy) is 1. The lowest BCUT2D eigenvalue weighted by Crippen LogP contribution is -2.15. The van der Waals surface area contributed by atoms with Crippen LogP contribution in [-0.4, -0.2) is 33.5 Å². The Balaban J connectivity index is 1.68. The summed E-state index contributed by atoms with van der Waals surface area (Å²) in [6, 6.07) is 9.07. The van der Waals surface area contributed by atoms with Gasteiger partial charge in [0.25, 0.3) is 0 Å². The molecule has 0 aliphatic heterocycles. The third kappa shape index (κ3) is 4.20. The summed E-state index contributed by atoms with van der Waals surface area (Å²) in [6.45, 7) is 2.76. The molecule has 1 N–H and O–H groups in total. The Bertz CT molecular complexity index is 896. The highest BCUT2D eigenvalue weighted by Crippen LogP contribution is 2.29. The molecule has 0 fully saturated rings. The summed E-state index contributed by atoms with van der Waals surface area (Å²) in [6.07, 6.45) is 0. The van der Waals surface area contributed by atoms with Gasteiger partial charge in [-0.2, -0.15) is 0 Å². The molecule has 0 saturated carbocycles. The van der Waals surface area contributed by atoms with Crippen LogP contribution < -0.4 is 10.1 Å². The van der Waals surface area contributed by atoms with Crippen LogP contribution in [0.1, 0.15) is 6.92 Å². The lowest BCUT2D eigenvalue weighted by Gasteiger charge is -2.10. The van der Waals surface area contributed by atoms with Gasteiger partial charge in [-0.15, -0.1) is 21.5 Å². The minimum absolute atomic E-state index is 0.168. The topological polar surface area (TPSA) is 69.0 Å². The fourth-order valence-electron chi connectivity index (χ4n) is 2.36. The average Bonchev–Trinajstić information content (AvgIpc) is 3.29. The second kappa shape index (κ2) is 8.57. The lowest BCUT2D eigenvalue weighted by molar-refractivity contribution is -0.113. The Hall–Kier alpha value is -2.03. The summed E-state index contributed by atoms with van der Waals surface area (Å²) >= 11 is 8.94. The number of halogens is 1. The first-order chi connectivity index (χ1) is 12.6. The molecular weight excluding hydrogens is 392 g/mol. The van der Waals surface area contributed by atoms with Gasteiger partial charge in [-0.1, -0.05) is 29.4 Å². The number of hydrogen-bond donors (Lipinski definition) is 1. The second-order valence-electron chi connectivity index (χ2n) is 5.21. The van der Waals surface area contributed by atoms with Crippen molar-refractivity contribution in [1.82, 2.24) is 14.8 Å². The zero-order valence-electron chi connectivity index (χ0n) is 14.2. The van der Waals surface area contributed by atoms with E-state index in [0.29, 0.717) is 21.6 Å². The zero-order valence-corrected chi connectivity index (χ0v) is 16.6. The van der Waals surface area contributed by atoms with Crippen LogP contribution in [0.4, 0.5) is 5.69 Å². The number of nitrogens with zero attached hydrogens (tertiary/aromatic N) is 3. The third-order valence-corrected chi connectivity index (χ3v) is 5.61. The van der Waals surface area contributed by atoms with E-state index >= 15 is 0 Å². The van der Waals surface area contributed by atoms with Gasteiger partial charge in [-0.25, -0.2) is 0 Å². The van der Waals surface area contributed by atoms with Crippen molar-refractivity contribution in [2.45, 2.75) is 18.6 Å². The molecule has 0 saturated heterocycles. The van der Waals surface area contributed by atoms with Gasteiger partial charge < -0.3 is 14.6 Å². The van der Waals surface area contributed by atoms with E-state index in [1.54, 1.807) is 36.6 Å². The molecule has 1 aromatic carbocycles. The molecule has 0 spiro atoms. The van der Waals surface area contributed by atoms with Gasteiger partial charge in [0.15, 0.2) is 11.0 Å². The largest absolute Gasteiger partial charge is 0.495 e. The van der Waals surface area contributed by atoms with Gasteiger partial charge in [-0.05, 0) is 36.6 Å². The van der Waals surface area contributed by atoms with Crippen molar-refractivity contribution in [2.75, 3.05) is 18.2 Å². The quantitative estimate of drug-likeness (QED) is 0.586. The van der Waals surface area contributed by atoms with E-state index in [9.17, 15) is 4.79 Å². The Morgan fingerprint density at radius 3 is 2.92 bits per heavy atom. The van der Waals surface area contributed by atoms with Crippen LogP contribution >= 0.6 is 34.7 Å². The standard InChI is InChI=1S/C17H17ClN4O2S2/c1-3-22-16(14-5-4-8-25-14)20-21-17(22)26-10-15(23)19-12-9-11(18)6-7-13(12)24-2/h4-9H,3,10H2,1-2H3,(H,19,23). The van der Waals surface area contributed by atoms with Gasteiger partial charge in [-0.3, -0.25) is 4.79 Å². The Morgan fingerprint density at radius 1 is 1.38 bits per heavy atom. The number of benzene rings is 1. The van der Waals surface area contributed by atoms with Crippen molar-refractivity contribution in [1.29, 1.82) is 0 Å². The molecule has 0 atom stereocenters. The van der Waals surface area contributed by atoms with E-state index in [-0.39, 0.29) is 11.7 Å². The molecule has 0 aliphatic carbocycles. The van der Waals surface area contributed by atoms with Gasteiger partial charge in [0.2, 0.25) is 5.91 Å². The molecule has 0 radical (unpaired) electrons. The van der Waals surface area contributed by atoms with Crippen LogP contribution in [0.2, 0.25) is 5.02 Å². The number of thiophene rings is 1. The summed E-state index contributed by atoms with van der Waals surface area (Å²) in [5, 5.41) is 14.6. The highest BCUT2D eigenvalue weighted by atomic mass is 35.5. The number of carbonyl (C=O) groups is 1.